The standard InChI is InChI=1S/C23H29N7O3/c1-29(2)21(31)15-6-8-16(9-7-15)33-23-26-20(17-4-3-5-19-18(17)14-24-28-19)25-22(27-23)30-10-12-32-13-11-30/h3-5,14-16H,6-13H2,1-2H3,(H,24,28)/t15-,16+. The minimum Gasteiger partial charge on any atom is -0.460 e. The molecule has 1 aromatic carbocycles. The number of aromatic amines is 1. The van der Waals surface area contributed by atoms with Crippen molar-refractivity contribution >= 4 is 22.8 Å². The normalized spacial score (nSPS) is 21.2. The third-order valence-electron chi connectivity index (χ3n) is 6.36. The van der Waals surface area contributed by atoms with Crippen molar-refractivity contribution in [2.75, 3.05) is 45.3 Å². The summed E-state index contributed by atoms with van der Waals surface area (Å²) in [6, 6.07) is 6.24. The van der Waals surface area contributed by atoms with Crippen molar-refractivity contribution in [2.24, 2.45) is 5.92 Å². The second-order valence-corrected chi connectivity index (χ2v) is 8.80. The Morgan fingerprint density at radius 3 is 2.67 bits per heavy atom. The summed E-state index contributed by atoms with van der Waals surface area (Å²) in [5.74, 6) is 1.41. The number of anilines is 1. The second-order valence-electron chi connectivity index (χ2n) is 8.80. The molecule has 5 rings (SSSR count). The van der Waals surface area contributed by atoms with Crippen LogP contribution in [0.15, 0.2) is 24.4 Å². The van der Waals surface area contributed by atoms with Crippen molar-refractivity contribution in [3.8, 4) is 17.4 Å². The summed E-state index contributed by atoms with van der Waals surface area (Å²) >= 11 is 0. The van der Waals surface area contributed by atoms with E-state index in [-0.39, 0.29) is 17.9 Å². The lowest BCUT2D eigenvalue weighted by Gasteiger charge is -2.30. The first-order chi connectivity index (χ1) is 16.1. The number of nitrogens with one attached hydrogen (secondary N) is 1. The first-order valence-electron chi connectivity index (χ1n) is 11.5. The highest BCUT2D eigenvalue weighted by atomic mass is 16.5. The highest BCUT2D eigenvalue weighted by Gasteiger charge is 2.29. The number of benzene rings is 1. The van der Waals surface area contributed by atoms with Crippen LogP contribution in [0.3, 0.4) is 0 Å². The Bertz CT molecular complexity index is 1120. The molecule has 0 bridgehead atoms. The fourth-order valence-electron chi connectivity index (χ4n) is 4.53. The molecule has 2 fully saturated rings. The van der Waals surface area contributed by atoms with Crippen molar-refractivity contribution < 1.29 is 14.3 Å². The van der Waals surface area contributed by atoms with E-state index in [1.165, 1.54) is 0 Å². The number of nitrogens with zero attached hydrogens (tertiary/aromatic N) is 6. The minimum absolute atomic E-state index is 0.0197. The van der Waals surface area contributed by atoms with Crippen LogP contribution >= 0.6 is 0 Å². The number of amides is 1. The van der Waals surface area contributed by atoms with Gasteiger partial charge in [0.15, 0.2) is 5.82 Å². The zero-order valence-electron chi connectivity index (χ0n) is 19.0. The van der Waals surface area contributed by atoms with Crippen LogP contribution in [0.25, 0.3) is 22.3 Å². The van der Waals surface area contributed by atoms with E-state index >= 15 is 0 Å². The Balaban J connectivity index is 1.42. The smallest absolute Gasteiger partial charge is 0.322 e. The van der Waals surface area contributed by atoms with E-state index in [1.54, 1.807) is 11.1 Å². The quantitative estimate of drug-likeness (QED) is 0.629. The first kappa shape index (κ1) is 21.6. The number of H-pyrrole nitrogens is 1. The van der Waals surface area contributed by atoms with Gasteiger partial charge in [-0.3, -0.25) is 9.89 Å². The number of hydrogen-bond donors (Lipinski definition) is 1. The van der Waals surface area contributed by atoms with Gasteiger partial charge >= 0.3 is 6.01 Å². The number of rotatable bonds is 5. The molecule has 3 heterocycles. The number of fused-ring (bicyclic) bond motifs is 1. The largest absolute Gasteiger partial charge is 0.460 e. The minimum atomic E-state index is -0.0197. The maximum Gasteiger partial charge on any atom is 0.322 e. The molecule has 0 atom stereocenters. The highest BCUT2D eigenvalue weighted by molar-refractivity contribution is 5.92. The Morgan fingerprint density at radius 1 is 1.12 bits per heavy atom. The van der Waals surface area contributed by atoms with Gasteiger partial charge in [-0.1, -0.05) is 12.1 Å². The summed E-state index contributed by atoms with van der Waals surface area (Å²) in [6.45, 7) is 2.71. The van der Waals surface area contributed by atoms with Crippen molar-refractivity contribution in [3.05, 3.63) is 24.4 Å². The maximum atomic E-state index is 12.3. The maximum absolute atomic E-state index is 12.3. The predicted octanol–water partition coefficient (Wildman–Crippen LogP) is 2.28. The van der Waals surface area contributed by atoms with Crippen LogP contribution in [0.4, 0.5) is 5.95 Å². The van der Waals surface area contributed by atoms with Crippen LogP contribution in [-0.2, 0) is 9.53 Å². The molecule has 1 amide bonds. The number of carbonyl (C=O) groups is 1. The van der Waals surface area contributed by atoms with E-state index in [4.69, 9.17) is 14.5 Å². The molecule has 10 nitrogen and oxygen atoms in total. The van der Waals surface area contributed by atoms with Crippen molar-refractivity contribution in [3.63, 3.8) is 0 Å². The van der Waals surface area contributed by atoms with Crippen molar-refractivity contribution in [1.29, 1.82) is 0 Å². The highest BCUT2D eigenvalue weighted by Crippen LogP contribution is 2.30. The molecule has 1 saturated heterocycles. The topological polar surface area (TPSA) is 109 Å². The first-order valence-corrected chi connectivity index (χ1v) is 11.5. The number of carbonyl (C=O) groups excluding carboxylic acids is 1. The van der Waals surface area contributed by atoms with Gasteiger partial charge < -0.3 is 19.3 Å². The van der Waals surface area contributed by atoms with Gasteiger partial charge in [-0.25, -0.2) is 0 Å². The van der Waals surface area contributed by atoms with Crippen molar-refractivity contribution in [1.82, 2.24) is 30.0 Å². The number of aromatic nitrogens is 5. The molecule has 33 heavy (non-hydrogen) atoms. The van der Waals surface area contributed by atoms with E-state index in [9.17, 15) is 4.79 Å². The van der Waals surface area contributed by atoms with Gasteiger partial charge in [0.1, 0.15) is 6.10 Å². The number of hydrogen-bond acceptors (Lipinski definition) is 8. The summed E-state index contributed by atoms with van der Waals surface area (Å²) in [5, 5.41) is 8.11. The summed E-state index contributed by atoms with van der Waals surface area (Å²) < 4.78 is 11.8. The molecule has 1 saturated carbocycles. The van der Waals surface area contributed by atoms with Gasteiger partial charge in [-0.15, -0.1) is 0 Å². The van der Waals surface area contributed by atoms with Crippen LogP contribution in [0.1, 0.15) is 25.7 Å². The fourth-order valence-corrected chi connectivity index (χ4v) is 4.53. The molecule has 2 aliphatic rings. The Morgan fingerprint density at radius 2 is 1.91 bits per heavy atom. The van der Waals surface area contributed by atoms with Gasteiger partial charge in [0.05, 0.1) is 24.9 Å². The predicted molar refractivity (Wildman–Crippen MR) is 123 cm³/mol. The third kappa shape index (κ3) is 4.61. The SMILES string of the molecule is CN(C)C(=O)[C@H]1CC[C@@H](Oc2nc(-c3cccc4[nH]ncc34)nc(N3CCOCC3)n2)CC1. The van der Waals surface area contributed by atoms with Crippen LogP contribution in [0.2, 0.25) is 0 Å². The fraction of sp³-hybridized carbons (Fsp3) is 0.522. The lowest BCUT2D eigenvalue weighted by Crippen LogP contribution is -2.37. The third-order valence-corrected chi connectivity index (χ3v) is 6.36. The molecule has 174 valence electrons. The molecule has 1 aliphatic carbocycles. The van der Waals surface area contributed by atoms with Crippen LogP contribution in [-0.4, -0.2) is 82.5 Å². The molecule has 2 aromatic heterocycles. The average molecular weight is 452 g/mol. The molecular weight excluding hydrogens is 422 g/mol. The summed E-state index contributed by atoms with van der Waals surface area (Å²) in [5.41, 5.74) is 1.80. The van der Waals surface area contributed by atoms with E-state index in [1.807, 2.05) is 32.3 Å². The van der Waals surface area contributed by atoms with E-state index < -0.39 is 0 Å². The lowest BCUT2D eigenvalue weighted by atomic mass is 9.86. The molecule has 1 aliphatic heterocycles. The number of morpholine rings is 1. The molecule has 0 radical (unpaired) electrons. The van der Waals surface area contributed by atoms with E-state index in [0.717, 1.165) is 55.2 Å². The Hall–Kier alpha value is -3.27. The van der Waals surface area contributed by atoms with E-state index in [0.29, 0.717) is 31.0 Å². The van der Waals surface area contributed by atoms with Gasteiger partial charge in [0, 0.05) is 44.1 Å². The van der Waals surface area contributed by atoms with E-state index in [2.05, 4.69) is 25.1 Å². The summed E-state index contributed by atoms with van der Waals surface area (Å²) in [6.07, 6.45) is 4.99. The number of ether oxygens (including phenoxy) is 2. The zero-order chi connectivity index (χ0) is 22.8. The van der Waals surface area contributed by atoms with Crippen LogP contribution in [0.5, 0.6) is 6.01 Å². The molecule has 0 spiro atoms. The molecule has 10 heteroatoms. The van der Waals surface area contributed by atoms with Crippen LogP contribution < -0.4 is 9.64 Å². The lowest BCUT2D eigenvalue weighted by molar-refractivity contribution is -0.134. The molecule has 0 unspecified atom stereocenters. The Labute approximate surface area is 192 Å². The summed E-state index contributed by atoms with van der Waals surface area (Å²) in [4.78, 5) is 30.2. The second kappa shape index (κ2) is 9.30. The van der Waals surface area contributed by atoms with Gasteiger partial charge in [-0.2, -0.15) is 20.1 Å². The monoisotopic (exact) mass is 451 g/mol. The molecule has 3 aromatic rings. The Kier molecular flexibility index (Phi) is 6.08. The average Bonchev–Trinajstić information content (AvgIpc) is 3.33. The van der Waals surface area contributed by atoms with Gasteiger partial charge in [-0.05, 0) is 31.7 Å². The van der Waals surface area contributed by atoms with Crippen molar-refractivity contribution in [2.45, 2.75) is 31.8 Å². The molecule has 1 N–H and O–H groups in total. The molecular formula is C23H29N7O3. The van der Waals surface area contributed by atoms with Crippen LogP contribution in [0, 0.1) is 5.92 Å². The van der Waals surface area contributed by atoms with Gasteiger partial charge in [0.2, 0.25) is 11.9 Å². The zero-order valence-corrected chi connectivity index (χ0v) is 19.0. The summed E-state index contributed by atoms with van der Waals surface area (Å²) in [7, 11) is 3.62. The van der Waals surface area contributed by atoms with Gasteiger partial charge in [0.25, 0.3) is 0 Å².